The lowest BCUT2D eigenvalue weighted by Crippen LogP contribution is -2.44. The summed E-state index contributed by atoms with van der Waals surface area (Å²) >= 11 is 1.58. The maximum absolute atomic E-state index is 13.4. The lowest BCUT2D eigenvalue weighted by atomic mass is 9.94. The third-order valence-electron chi connectivity index (χ3n) is 6.41. The molecule has 5 rings (SSSR count). The van der Waals surface area contributed by atoms with Crippen molar-refractivity contribution in [1.82, 2.24) is 4.90 Å². The number of benzene rings is 2. The molecule has 0 spiro atoms. The Morgan fingerprint density at radius 2 is 1.76 bits per heavy atom. The molecule has 1 amide bonds. The van der Waals surface area contributed by atoms with Crippen molar-refractivity contribution in [3.8, 4) is 0 Å². The molecule has 29 heavy (non-hydrogen) atoms. The summed E-state index contributed by atoms with van der Waals surface area (Å²) in [5.74, 6) is 1.62. The first-order valence-corrected chi connectivity index (χ1v) is 11.4. The van der Waals surface area contributed by atoms with Gasteiger partial charge in [0.1, 0.15) is 0 Å². The van der Waals surface area contributed by atoms with E-state index in [9.17, 15) is 4.79 Å². The van der Waals surface area contributed by atoms with Crippen molar-refractivity contribution in [2.24, 2.45) is 22.0 Å². The third-order valence-corrected chi connectivity index (χ3v) is 7.55. The minimum atomic E-state index is -0.109. The summed E-state index contributed by atoms with van der Waals surface area (Å²) in [7, 11) is 0. The summed E-state index contributed by atoms with van der Waals surface area (Å²) in [5, 5.41) is 9.53. The SMILES string of the molecule is O=C1[C@H](Cc2ccccc2)S/C(=N/N=C\c2ccccc2)N1[C@@H]1C[C@@H]2CC[C@@H]1C2. The van der Waals surface area contributed by atoms with Gasteiger partial charge in [0.05, 0.1) is 11.5 Å². The van der Waals surface area contributed by atoms with E-state index in [0.29, 0.717) is 12.0 Å². The third kappa shape index (κ3) is 3.88. The van der Waals surface area contributed by atoms with E-state index in [2.05, 4.69) is 22.3 Å². The zero-order valence-corrected chi connectivity index (χ0v) is 17.2. The molecule has 4 nitrogen and oxygen atoms in total. The van der Waals surface area contributed by atoms with Crippen molar-refractivity contribution >= 4 is 29.1 Å². The Kier molecular flexibility index (Phi) is 5.23. The van der Waals surface area contributed by atoms with Crippen molar-refractivity contribution in [1.29, 1.82) is 0 Å². The van der Waals surface area contributed by atoms with Crippen LogP contribution < -0.4 is 0 Å². The molecule has 1 heterocycles. The first kappa shape index (κ1) is 18.6. The lowest BCUT2D eigenvalue weighted by molar-refractivity contribution is -0.128. The number of amidine groups is 1. The summed E-state index contributed by atoms with van der Waals surface area (Å²) in [4.78, 5) is 15.4. The fourth-order valence-corrected chi connectivity index (χ4v) is 6.21. The number of carbonyl (C=O) groups excluding carboxylic acids is 1. The zero-order valence-electron chi connectivity index (χ0n) is 16.4. The van der Waals surface area contributed by atoms with Crippen LogP contribution in [0.3, 0.4) is 0 Å². The normalized spacial score (nSPS) is 30.1. The number of amides is 1. The van der Waals surface area contributed by atoms with E-state index in [0.717, 1.165) is 29.5 Å². The Morgan fingerprint density at radius 3 is 2.45 bits per heavy atom. The van der Waals surface area contributed by atoms with E-state index < -0.39 is 0 Å². The first-order valence-electron chi connectivity index (χ1n) is 10.5. The van der Waals surface area contributed by atoms with Gasteiger partial charge < -0.3 is 0 Å². The van der Waals surface area contributed by atoms with E-state index in [1.54, 1.807) is 18.0 Å². The molecule has 2 saturated carbocycles. The highest BCUT2D eigenvalue weighted by Gasteiger charge is 2.49. The average Bonchev–Trinajstić information content (AvgIpc) is 3.45. The molecule has 4 atom stereocenters. The predicted molar refractivity (Wildman–Crippen MR) is 119 cm³/mol. The molecule has 2 aromatic rings. The highest BCUT2D eigenvalue weighted by molar-refractivity contribution is 8.15. The van der Waals surface area contributed by atoms with Gasteiger partial charge in [-0.25, -0.2) is 0 Å². The monoisotopic (exact) mass is 403 g/mol. The van der Waals surface area contributed by atoms with Gasteiger partial charge in [0.25, 0.3) is 0 Å². The van der Waals surface area contributed by atoms with Gasteiger partial charge in [0.2, 0.25) is 5.91 Å². The Bertz CT molecular complexity index is 928. The minimum Gasteiger partial charge on any atom is -0.285 e. The molecule has 0 radical (unpaired) electrons. The number of carbonyl (C=O) groups is 1. The summed E-state index contributed by atoms with van der Waals surface area (Å²) in [6, 6.07) is 20.5. The molecule has 1 saturated heterocycles. The molecular formula is C24H25N3OS. The largest absolute Gasteiger partial charge is 0.285 e. The molecule has 148 valence electrons. The van der Waals surface area contributed by atoms with Crippen LogP contribution in [0.25, 0.3) is 0 Å². The lowest BCUT2D eigenvalue weighted by Gasteiger charge is -2.30. The van der Waals surface area contributed by atoms with E-state index >= 15 is 0 Å². The highest BCUT2D eigenvalue weighted by Crippen LogP contribution is 2.49. The fourth-order valence-electron chi connectivity index (χ4n) is 5.03. The topological polar surface area (TPSA) is 45.0 Å². The van der Waals surface area contributed by atoms with Crippen LogP contribution in [0.1, 0.15) is 36.8 Å². The van der Waals surface area contributed by atoms with Crippen molar-refractivity contribution in [2.45, 2.75) is 43.4 Å². The quantitative estimate of drug-likeness (QED) is 0.534. The number of hydrogen-bond donors (Lipinski definition) is 0. The number of hydrogen-bond acceptors (Lipinski definition) is 4. The van der Waals surface area contributed by atoms with Gasteiger partial charge >= 0.3 is 0 Å². The van der Waals surface area contributed by atoms with Gasteiger partial charge in [-0.2, -0.15) is 5.10 Å². The average molecular weight is 404 g/mol. The van der Waals surface area contributed by atoms with E-state index in [4.69, 9.17) is 0 Å². The Balaban J connectivity index is 1.39. The molecule has 2 aliphatic carbocycles. The predicted octanol–water partition coefficient (Wildman–Crippen LogP) is 4.75. The number of nitrogens with zero attached hydrogens (tertiary/aromatic N) is 3. The van der Waals surface area contributed by atoms with Gasteiger partial charge in [-0.05, 0) is 48.6 Å². The van der Waals surface area contributed by atoms with Crippen LogP contribution in [0.15, 0.2) is 70.9 Å². The Hall–Kier alpha value is -2.40. The van der Waals surface area contributed by atoms with E-state index in [1.165, 1.54) is 24.8 Å². The molecule has 1 aliphatic heterocycles. The van der Waals surface area contributed by atoms with Crippen LogP contribution in [0.5, 0.6) is 0 Å². The second-order valence-corrected chi connectivity index (χ2v) is 9.45. The van der Waals surface area contributed by atoms with Crippen molar-refractivity contribution in [3.63, 3.8) is 0 Å². The van der Waals surface area contributed by atoms with Crippen LogP contribution in [-0.4, -0.2) is 33.5 Å². The van der Waals surface area contributed by atoms with Crippen molar-refractivity contribution < 1.29 is 4.79 Å². The van der Waals surface area contributed by atoms with Gasteiger partial charge in [0.15, 0.2) is 5.17 Å². The summed E-state index contributed by atoms with van der Waals surface area (Å²) in [5.41, 5.74) is 2.21. The Labute approximate surface area is 176 Å². The van der Waals surface area contributed by atoms with E-state index in [1.807, 2.05) is 53.4 Å². The molecule has 0 N–H and O–H groups in total. The molecule has 2 bridgehead atoms. The maximum atomic E-state index is 13.4. The van der Waals surface area contributed by atoms with Gasteiger partial charge in [-0.3, -0.25) is 9.69 Å². The zero-order chi connectivity index (χ0) is 19.6. The number of rotatable bonds is 5. The van der Waals surface area contributed by atoms with Gasteiger partial charge in [0, 0.05) is 6.04 Å². The number of fused-ring (bicyclic) bond motifs is 2. The molecule has 2 aromatic carbocycles. The minimum absolute atomic E-state index is 0.109. The molecule has 0 aromatic heterocycles. The summed E-state index contributed by atoms with van der Waals surface area (Å²) < 4.78 is 0. The molecule has 3 aliphatic rings. The maximum Gasteiger partial charge on any atom is 0.242 e. The van der Waals surface area contributed by atoms with Crippen molar-refractivity contribution in [2.75, 3.05) is 0 Å². The Morgan fingerprint density at radius 1 is 1.00 bits per heavy atom. The van der Waals surface area contributed by atoms with Gasteiger partial charge in [-0.15, -0.1) is 5.10 Å². The standard InChI is InChI=1S/C24H25N3OS/c28-23-22(15-17-7-3-1-4-8-17)29-24(26-25-16-18-9-5-2-6-10-18)27(23)21-14-19-11-12-20(21)13-19/h1-10,16,19-22H,11-15H2/b25-16-,26-24+/t19-,20-,21-,22+/m1/s1. The second kappa shape index (κ2) is 8.15. The van der Waals surface area contributed by atoms with Crippen LogP contribution >= 0.6 is 11.8 Å². The summed E-state index contributed by atoms with van der Waals surface area (Å²) in [6.45, 7) is 0. The summed E-state index contributed by atoms with van der Waals surface area (Å²) in [6.07, 6.45) is 7.46. The van der Waals surface area contributed by atoms with Crippen LogP contribution in [0, 0.1) is 11.8 Å². The van der Waals surface area contributed by atoms with E-state index in [-0.39, 0.29) is 11.2 Å². The van der Waals surface area contributed by atoms with Crippen LogP contribution in [-0.2, 0) is 11.2 Å². The first-order chi connectivity index (χ1) is 14.3. The fraction of sp³-hybridized carbons (Fsp3) is 0.375. The second-order valence-electron chi connectivity index (χ2n) is 8.28. The van der Waals surface area contributed by atoms with Crippen molar-refractivity contribution in [3.05, 3.63) is 71.8 Å². The molecule has 0 unspecified atom stereocenters. The molecule has 3 fully saturated rings. The van der Waals surface area contributed by atoms with Gasteiger partial charge in [-0.1, -0.05) is 78.8 Å². The smallest absolute Gasteiger partial charge is 0.242 e. The molecule has 5 heteroatoms. The number of thioether (sulfide) groups is 1. The highest BCUT2D eigenvalue weighted by atomic mass is 32.2. The molecular weight excluding hydrogens is 378 g/mol. The van der Waals surface area contributed by atoms with Crippen LogP contribution in [0.4, 0.5) is 0 Å². The van der Waals surface area contributed by atoms with Crippen LogP contribution in [0.2, 0.25) is 0 Å².